The lowest BCUT2D eigenvalue weighted by atomic mass is 10.2. The van der Waals surface area contributed by atoms with Crippen LogP contribution in [0.3, 0.4) is 0 Å². The van der Waals surface area contributed by atoms with Gasteiger partial charge in [0, 0.05) is 33.2 Å². The van der Waals surface area contributed by atoms with E-state index >= 15 is 0 Å². The summed E-state index contributed by atoms with van der Waals surface area (Å²) in [6, 6.07) is 1.96. The van der Waals surface area contributed by atoms with E-state index in [1.807, 2.05) is 18.4 Å². The molecule has 0 bridgehead atoms. The Morgan fingerprint density at radius 1 is 1.55 bits per heavy atom. The Balaban J connectivity index is 2.39. The summed E-state index contributed by atoms with van der Waals surface area (Å²) in [6.45, 7) is 3.73. The highest BCUT2D eigenvalue weighted by atomic mass is 32.1. The van der Waals surface area contributed by atoms with Crippen LogP contribution in [0.5, 0.6) is 0 Å². The van der Waals surface area contributed by atoms with E-state index < -0.39 is 0 Å². The van der Waals surface area contributed by atoms with Gasteiger partial charge < -0.3 is 14.7 Å². The molecular formula is C15H21NO3S. The fourth-order valence-corrected chi connectivity index (χ4v) is 2.44. The monoisotopic (exact) mass is 295 g/mol. The average molecular weight is 295 g/mol. The first kappa shape index (κ1) is 16.7. The molecule has 1 aromatic heterocycles. The zero-order valence-electron chi connectivity index (χ0n) is 12.0. The molecule has 5 heteroatoms. The number of carbonyl (C=O) groups is 1. The van der Waals surface area contributed by atoms with Crippen LogP contribution in [0.2, 0.25) is 0 Å². The second-order valence-corrected chi connectivity index (χ2v) is 5.24. The fraction of sp³-hybridized carbons (Fsp3) is 0.533. The van der Waals surface area contributed by atoms with Crippen molar-refractivity contribution >= 4 is 17.2 Å². The van der Waals surface area contributed by atoms with Crippen molar-refractivity contribution in [2.75, 3.05) is 26.9 Å². The highest BCUT2D eigenvalue weighted by molar-refractivity contribution is 7.10. The Morgan fingerprint density at radius 3 is 3.05 bits per heavy atom. The van der Waals surface area contributed by atoms with Gasteiger partial charge in [0.15, 0.2) is 0 Å². The average Bonchev–Trinajstić information content (AvgIpc) is 2.88. The van der Waals surface area contributed by atoms with Crippen molar-refractivity contribution in [1.82, 2.24) is 4.90 Å². The molecule has 1 N–H and O–H groups in total. The van der Waals surface area contributed by atoms with Gasteiger partial charge in [0.05, 0.1) is 4.88 Å². The van der Waals surface area contributed by atoms with Crippen LogP contribution in [0.1, 0.15) is 30.2 Å². The van der Waals surface area contributed by atoms with Gasteiger partial charge in [0.2, 0.25) is 5.91 Å². The van der Waals surface area contributed by atoms with Crippen LogP contribution >= 0.6 is 11.3 Å². The van der Waals surface area contributed by atoms with Crippen molar-refractivity contribution in [2.45, 2.75) is 26.3 Å². The molecule has 20 heavy (non-hydrogen) atoms. The molecular weight excluding hydrogens is 274 g/mol. The molecule has 1 amide bonds. The minimum atomic E-state index is -0.133. The Bertz CT molecular complexity index is 473. The maximum atomic E-state index is 11.9. The van der Waals surface area contributed by atoms with Gasteiger partial charge in [0.25, 0.3) is 0 Å². The van der Waals surface area contributed by atoms with E-state index in [1.54, 1.807) is 11.9 Å². The van der Waals surface area contributed by atoms with E-state index in [4.69, 9.17) is 9.84 Å². The van der Waals surface area contributed by atoms with Gasteiger partial charge in [-0.05, 0) is 30.4 Å². The first-order valence-electron chi connectivity index (χ1n) is 6.66. The number of hydrogen-bond acceptors (Lipinski definition) is 4. The van der Waals surface area contributed by atoms with E-state index in [1.165, 1.54) is 11.3 Å². The lowest BCUT2D eigenvalue weighted by Crippen LogP contribution is -2.25. The van der Waals surface area contributed by atoms with Crippen LogP contribution in [0.4, 0.5) is 0 Å². The Morgan fingerprint density at radius 2 is 2.35 bits per heavy atom. The predicted molar refractivity (Wildman–Crippen MR) is 80.5 cm³/mol. The molecule has 0 aliphatic carbocycles. The Kier molecular flexibility index (Phi) is 7.97. The van der Waals surface area contributed by atoms with Crippen LogP contribution in [0.15, 0.2) is 11.4 Å². The molecule has 0 saturated heterocycles. The number of thiophene rings is 1. The number of rotatable bonds is 7. The number of ether oxygens (including phenoxy) is 1. The molecule has 0 atom stereocenters. The number of amides is 1. The third-order valence-corrected chi connectivity index (χ3v) is 3.57. The molecule has 0 fully saturated rings. The molecule has 0 spiro atoms. The summed E-state index contributed by atoms with van der Waals surface area (Å²) >= 11 is 1.52. The summed E-state index contributed by atoms with van der Waals surface area (Å²) in [5.74, 6) is 5.60. The highest BCUT2D eigenvalue weighted by Gasteiger charge is 2.09. The summed E-state index contributed by atoms with van der Waals surface area (Å²) in [5.41, 5.74) is 1.07. The molecule has 0 aliphatic heterocycles. The van der Waals surface area contributed by atoms with E-state index in [0.29, 0.717) is 26.2 Å². The minimum Gasteiger partial charge on any atom is -0.384 e. The third kappa shape index (κ3) is 6.20. The van der Waals surface area contributed by atoms with Crippen LogP contribution in [-0.2, 0) is 16.1 Å². The van der Waals surface area contributed by atoms with Crippen molar-refractivity contribution < 1.29 is 14.6 Å². The van der Waals surface area contributed by atoms with Crippen LogP contribution < -0.4 is 0 Å². The molecule has 0 aliphatic rings. The van der Waals surface area contributed by atoms with Gasteiger partial charge in [-0.1, -0.05) is 11.8 Å². The predicted octanol–water partition coefficient (Wildman–Crippen LogP) is 1.87. The SMILES string of the molecule is CCOCCCC(=O)N(C)Cc1csc(C#CCO)c1. The van der Waals surface area contributed by atoms with Gasteiger partial charge in [-0.3, -0.25) is 4.79 Å². The van der Waals surface area contributed by atoms with E-state index in [0.717, 1.165) is 16.9 Å². The minimum absolute atomic E-state index is 0.124. The van der Waals surface area contributed by atoms with Crippen LogP contribution in [0, 0.1) is 11.8 Å². The van der Waals surface area contributed by atoms with Crippen molar-refractivity contribution in [3.8, 4) is 11.8 Å². The molecule has 0 saturated carbocycles. The second kappa shape index (κ2) is 9.54. The molecule has 1 aromatic rings. The number of aliphatic hydroxyl groups excluding tert-OH is 1. The molecule has 0 unspecified atom stereocenters. The Labute approximate surface area is 124 Å². The van der Waals surface area contributed by atoms with Gasteiger partial charge in [0.1, 0.15) is 6.61 Å². The first-order chi connectivity index (χ1) is 9.67. The van der Waals surface area contributed by atoms with Gasteiger partial charge in [-0.25, -0.2) is 0 Å². The lowest BCUT2D eigenvalue weighted by Gasteiger charge is -2.16. The Hall–Kier alpha value is -1.35. The van der Waals surface area contributed by atoms with Crippen LogP contribution in [-0.4, -0.2) is 42.8 Å². The quantitative estimate of drug-likeness (QED) is 0.617. The number of aliphatic hydroxyl groups is 1. The maximum absolute atomic E-state index is 11.9. The van der Waals surface area contributed by atoms with Gasteiger partial charge >= 0.3 is 0 Å². The molecule has 110 valence electrons. The number of nitrogens with zero attached hydrogens (tertiary/aromatic N) is 1. The molecule has 1 heterocycles. The van der Waals surface area contributed by atoms with Crippen LogP contribution in [0.25, 0.3) is 0 Å². The summed E-state index contributed by atoms with van der Waals surface area (Å²) in [5, 5.41) is 10.6. The first-order valence-corrected chi connectivity index (χ1v) is 7.54. The number of carbonyl (C=O) groups excluding carboxylic acids is 1. The fourth-order valence-electron chi connectivity index (χ4n) is 1.67. The van der Waals surface area contributed by atoms with E-state index in [2.05, 4.69) is 11.8 Å². The van der Waals surface area contributed by atoms with E-state index in [-0.39, 0.29) is 12.5 Å². The standard InChI is InChI=1S/C15H21NO3S/c1-3-19-9-5-7-15(18)16(2)11-13-10-14(20-12-13)6-4-8-17/h10,12,17H,3,5,7-9,11H2,1-2H3. The number of hydrogen-bond donors (Lipinski definition) is 1. The summed E-state index contributed by atoms with van der Waals surface area (Å²) < 4.78 is 5.22. The summed E-state index contributed by atoms with van der Waals surface area (Å²) in [4.78, 5) is 14.5. The molecule has 4 nitrogen and oxygen atoms in total. The summed E-state index contributed by atoms with van der Waals surface area (Å²) in [6.07, 6.45) is 1.27. The second-order valence-electron chi connectivity index (χ2n) is 4.33. The smallest absolute Gasteiger partial charge is 0.222 e. The van der Waals surface area contributed by atoms with Crippen molar-refractivity contribution in [3.05, 3.63) is 21.9 Å². The van der Waals surface area contributed by atoms with Gasteiger partial charge in [-0.2, -0.15) is 0 Å². The molecule has 0 aromatic carbocycles. The van der Waals surface area contributed by atoms with Gasteiger partial charge in [-0.15, -0.1) is 11.3 Å². The lowest BCUT2D eigenvalue weighted by molar-refractivity contribution is -0.130. The van der Waals surface area contributed by atoms with E-state index in [9.17, 15) is 4.79 Å². The van der Waals surface area contributed by atoms with Crippen molar-refractivity contribution in [1.29, 1.82) is 0 Å². The molecule has 1 rings (SSSR count). The summed E-state index contributed by atoms with van der Waals surface area (Å²) in [7, 11) is 1.81. The van der Waals surface area contributed by atoms with Crippen molar-refractivity contribution in [3.63, 3.8) is 0 Å². The zero-order chi connectivity index (χ0) is 14.8. The van der Waals surface area contributed by atoms with Crippen molar-refractivity contribution in [2.24, 2.45) is 0 Å². The maximum Gasteiger partial charge on any atom is 0.222 e. The zero-order valence-corrected chi connectivity index (χ0v) is 12.8. The largest absolute Gasteiger partial charge is 0.384 e. The highest BCUT2D eigenvalue weighted by Crippen LogP contribution is 2.15. The molecule has 0 radical (unpaired) electrons. The third-order valence-electron chi connectivity index (χ3n) is 2.67. The topological polar surface area (TPSA) is 49.8 Å². The normalized spacial score (nSPS) is 9.95.